The van der Waals surface area contributed by atoms with Crippen LogP contribution in [0.5, 0.6) is 0 Å². The number of para-hydroxylation sites is 2. The predicted molar refractivity (Wildman–Crippen MR) is 202 cm³/mol. The van der Waals surface area contributed by atoms with Gasteiger partial charge < -0.3 is 9.32 Å². The zero-order chi connectivity index (χ0) is 31.9. The second kappa shape index (κ2) is 11.8. The number of nitrogens with zero attached hydrogens (tertiary/aromatic N) is 1. The SMILES string of the molecule is c1ccc(-c2ccc(N(c3cccc(-c4cccc5ccccc45)c3)c3cccc(-c4cccc5c4oc4ccccc45)c3)cc2)cc1. The van der Waals surface area contributed by atoms with Crippen molar-refractivity contribution in [3.63, 3.8) is 0 Å². The van der Waals surface area contributed by atoms with E-state index >= 15 is 0 Å². The molecule has 0 unspecified atom stereocenters. The molecule has 0 saturated heterocycles. The molecule has 0 aliphatic heterocycles. The summed E-state index contributed by atoms with van der Waals surface area (Å²) in [5.74, 6) is 0. The van der Waals surface area contributed by atoms with Crippen molar-refractivity contribution in [3.8, 4) is 33.4 Å². The number of hydrogen-bond donors (Lipinski definition) is 0. The van der Waals surface area contributed by atoms with Gasteiger partial charge in [0.25, 0.3) is 0 Å². The zero-order valence-electron chi connectivity index (χ0n) is 26.3. The number of fused-ring (bicyclic) bond motifs is 4. The Labute approximate surface area is 279 Å². The Morgan fingerprint density at radius 3 is 1.67 bits per heavy atom. The van der Waals surface area contributed by atoms with Gasteiger partial charge in [-0.15, -0.1) is 0 Å². The number of anilines is 3. The fourth-order valence-electron chi connectivity index (χ4n) is 6.96. The Morgan fingerprint density at radius 2 is 0.875 bits per heavy atom. The van der Waals surface area contributed by atoms with Gasteiger partial charge in [0, 0.05) is 33.4 Å². The first kappa shape index (κ1) is 27.9. The molecular weight excluding hydrogens is 583 g/mol. The smallest absolute Gasteiger partial charge is 0.143 e. The molecule has 0 aliphatic carbocycles. The van der Waals surface area contributed by atoms with Crippen LogP contribution in [-0.2, 0) is 0 Å². The summed E-state index contributed by atoms with van der Waals surface area (Å²) >= 11 is 0. The third kappa shape index (κ3) is 4.92. The lowest BCUT2D eigenvalue weighted by Gasteiger charge is -2.27. The summed E-state index contributed by atoms with van der Waals surface area (Å²) in [4.78, 5) is 2.35. The van der Waals surface area contributed by atoms with Gasteiger partial charge in [0.15, 0.2) is 0 Å². The summed E-state index contributed by atoms with van der Waals surface area (Å²) in [6.45, 7) is 0. The van der Waals surface area contributed by atoms with Crippen molar-refractivity contribution in [2.45, 2.75) is 0 Å². The standard InChI is InChI=1S/C46H31NO/c1-2-12-32(13-3-1)33-26-28-37(29-27-33)47(38-18-8-16-35(30-38)41-22-10-15-34-14-4-5-20-40(34)41)39-19-9-17-36(31-39)42-23-11-24-44-43-21-6-7-25-45(43)48-46(42)44/h1-31H. The lowest BCUT2D eigenvalue weighted by atomic mass is 9.97. The number of benzene rings is 8. The van der Waals surface area contributed by atoms with Crippen molar-refractivity contribution in [3.05, 3.63) is 188 Å². The van der Waals surface area contributed by atoms with E-state index in [1.54, 1.807) is 0 Å². The van der Waals surface area contributed by atoms with Crippen LogP contribution in [-0.4, -0.2) is 0 Å². The van der Waals surface area contributed by atoms with E-state index in [1.807, 2.05) is 12.1 Å². The maximum Gasteiger partial charge on any atom is 0.143 e. The molecule has 0 atom stereocenters. The van der Waals surface area contributed by atoms with Gasteiger partial charge in [-0.1, -0.05) is 146 Å². The van der Waals surface area contributed by atoms with Crippen LogP contribution in [0.15, 0.2) is 192 Å². The topological polar surface area (TPSA) is 16.4 Å². The molecule has 0 fully saturated rings. The summed E-state index contributed by atoms with van der Waals surface area (Å²) < 4.78 is 6.45. The molecule has 0 saturated carbocycles. The number of hydrogen-bond acceptors (Lipinski definition) is 2. The van der Waals surface area contributed by atoms with E-state index in [0.717, 1.165) is 50.1 Å². The van der Waals surface area contributed by atoms with Crippen molar-refractivity contribution in [1.82, 2.24) is 0 Å². The summed E-state index contributed by atoms with van der Waals surface area (Å²) in [5.41, 5.74) is 12.0. The van der Waals surface area contributed by atoms with Crippen molar-refractivity contribution < 1.29 is 4.42 Å². The average molecular weight is 614 g/mol. The second-order valence-corrected chi connectivity index (χ2v) is 12.2. The van der Waals surface area contributed by atoms with E-state index in [0.29, 0.717) is 0 Å². The molecular formula is C46H31NO. The number of rotatable bonds is 6. The van der Waals surface area contributed by atoms with Crippen LogP contribution in [0, 0.1) is 0 Å². The van der Waals surface area contributed by atoms with Crippen molar-refractivity contribution in [2.75, 3.05) is 4.90 Å². The van der Waals surface area contributed by atoms with Gasteiger partial charge in [0.1, 0.15) is 11.2 Å². The molecule has 1 aromatic heterocycles. The molecule has 48 heavy (non-hydrogen) atoms. The molecule has 2 heteroatoms. The van der Waals surface area contributed by atoms with Crippen molar-refractivity contribution in [1.29, 1.82) is 0 Å². The Kier molecular flexibility index (Phi) is 6.84. The first-order valence-electron chi connectivity index (χ1n) is 16.3. The molecule has 8 aromatic carbocycles. The lowest BCUT2D eigenvalue weighted by Crippen LogP contribution is -2.10. The Bertz CT molecular complexity index is 2560. The Hall–Kier alpha value is -6.38. The van der Waals surface area contributed by atoms with E-state index < -0.39 is 0 Å². The van der Waals surface area contributed by atoms with Gasteiger partial charge in [-0.05, 0) is 81.1 Å². The van der Waals surface area contributed by atoms with Gasteiger partial charge in [-0.3, -0.25) is 0 Å². The predicted octanol–water partition coefficient (Wildman–Crippen LogP) is 13.2. The van der Waals surface area contributed by atoms with Gasteiger partial charge in [0.2, 0.25) is 0 Å². The summed E-state index contributed by atoms with van der Waals surface area (Å²) in [6, 6.07) is 66.9. The van der Waals surface area contributed by atoms with Gasteiger partial charge in [-0.2, -0.15) is 0 Å². The van der Waals surface area contributed by atoms with Gasteiger partial charge in [-0.25, -0.2) is 0 Å². The molecule has 226 valence electrons. The molecule has 0 aliphatic rings. The quantitative estimate of drug-likeness (QED) is 0.185. The normalized spacial score (nSPS) is 11.3. The van der Waals surface area contributed by atoms with Crippen LogP contribution in [0.2, 0.25) is 0 Å². The molecule has 0 amide bonds. The minimum absolute atomic E-state index is 0.904. The molecule has 0 N–H and O–H groups in total. The van der Waals surface area contributed by atoms with Crippen LogP contribution >= 0.6 is 0 Å². The molecule has 9 aromatic rings. The molecule has 9 rings (SSSR count). The van der Waals surface area contributed by atoms with Crippen LogP contribution < -0.4 is 4.90 Å². The fraction of sp³-hybridized carbons (Fsp3) is 0. The number of furan rings is 1. The van der Waals surface area contributed by atoms with Crippen molar-refractivity contribution >= 4 is 49.8 Å². The lowest BCUT2D eigenvalue weighted by molar-refractivity contribution is 0.670. The summed E-state index contributed by atoms with van der Waals surface area (Å²) in [6.07, 6.45) is 0. The maximum absolute atomic E-state index is 6.45. The van der Waals surface area contributed by atoms with E-state index in [2.05, 4.69) is 181 Å². The Morgan fingerprint density at radius 1 is 0.333 bits per heavy atom. The second-order valence-electron chi connectivity index (χ2n) is 12.2. The third-order valence-electron chi connectivity index (χ3n) is 9.26. The van der Waals surface area contributed by atoms with Crippen molar-refractivity contribution in [2.24, 2.45) is 0 Å². The summed E-state index contributed by atoms with van der Waals surface area (Å²) in [7, 11) is 0. The highest BCUT2D eigenvalue weighted by Crippen LogP contribution is 2.41. The van der Waals surface area contributed by atoms with Gasteiger partial charge >= 0.3 is 0 Å². The van der Waals surface area contributed by atoms with Crippen LogP contribution in [0.3, 0.4) is 0 Å². The maximum atomic E-state index is 6.45. The monoisotopic (exact) mass is 613 g/mol. The van der Waals surface area contributed by atoms with Crippen LogP contribution in [0.25, 0.3) is 66.1 Å². The highest BCUT2D eigenvalue weighted by molar-refractivity contribution is 6.09. The average Bonchev–Trinajstić information content (AvgIpc) is 3.55. The molecule has 0 spiro atoms. The summed E-state index contributed by atoms with van der Waals surface area (Å²) in [5, 5.41) is 4.75. The highest BCUT2D eigenvalue weighted by atomic mass is 16.3. The van der Waals surface area contributed by atoms with E-state index in [4.69, 9.17) is 4.42 Å². The molecule has 1 heterocycles. The van der Waals surface area contributed by atoms with E-state index in [1.165, 1.54) is 33.0 Å². The highest BCUT2D eigenvalue weighted by Gasteiger charge is 2.17. The molecule has 0 bridgehead atoms. The zero-order valence-corrected chi connectivity index (χ0v) is 26.3. The fourth-order valence-corrected chi connectivity index (χ4v) is 6.96. The van der Waals surface area contributed by atoms with Crippen LogP contribution in [0.1, 0.15) is 0 Å². The first-order valence-corrected chi connectivity index (χ1v) is 16.3. The molecule has 0 radical (unpaired) electrons. The minimum Gasteiger partial charge on any atom is -0.455 e. The van der Waals surface area contributed by atoms with Crippen LogP contribution in [0.4, 0.5) is 17.1 Å². The van der Waals surface area contributed by atoms with E-state index in [-0.39, 0.29) is 0 Å². The van der Waals surface area contributed by atoms with E-state index in [9.17, 15) is 0 Å². The third-order valence-corrected chi connectivity index (χ3v) is 9.26. The largest absolute Gasteiger partial charge is 0.455 e. The minimum atomic E-state index is 0.904. The molecule has 2 nitrogen and oxygen atoms in total. The first-order chi connectivity index (χ1) is 23.8. The Balaban J connectivity index is 1.20. The van der Waals surface area contributed by atoms with Gasteiger partial charge in [0.05, 0.1) is 0 Å².